The molecule has 0 saturated carbocycles. The third-order valence-electron chi connectivity index (χ3n) is 6.52. The van der Waals surface area contributed by atoms with Crippen molar-refractivity contribution < 1.29 is 13.9 Å². The van der Waals surface area contributed by atoms with E-state index in [1.807, 2.05) is 60.0 Å². The van der Waals surface area contributed by atoms with Crippen molar-refractivity contribution in [3.8, 4) is 5.75 Å². The van der Waals surface area contributed by atoms with Crippen molar-refractivity contribution in [1.29, 1.82) is 0 Å². The highest BCUT2D eigenvalue weighted by molar-refractivity contribution is 5.78. The molecule has 0 bridgehead atoms. The zero-order valence-electron chi connectivity index (χ0n) is 21.3. The van der Waals surface area contributed by atoms with Crippen LogP contribution < -0.4 is 10.2 Å². The number of benzene rings is 1. The van der Waals surface area contributed by atoms with Crippen LogP contribution in [-0.2, 0) is 24.4 Å². The molecule has 1 aromatic carbocycles. The number of likely N-dealkylation sites (N-methyl/N-ethyl adjacent to an activating group) is 2. The maximum Gasteiger partial charge on any atom is 0.205 e. The largest absolute Gasteiger partial charge is 0.464 e. The molecule has 0 aliphatic carbocycles. The van der Waals surface area contributed by atoms with Crippen LogP contribution in [0.3, 0.4) is 0 Å². The minimum absolute atomic E-state index is 0.0461. The van der Waals surface area contributed by atoms with E-state index < -0.39 is 5.79 Å². The van der Waals surface area contributed by atoms with Gasteiger partial charge in [0, 0.05) is 57.4 Å². The molecule has 4 rings (SSSR count). The second-order valence-corrected chi connectivity index (χ2v) is 9.97. The Balaban J connectivity index is 1.39. The van der Waals surface area contributed by atoms with E-state index in [1.54, 1.807) is 6.26 Å². The highest BCUT2D eigenvalue weighted by Crippen LogP contribution is 2.35. The first-order chi connectivity index (χ1) is 16.0. The number of ether oxygens (including phenoxy) is 2. The fraction of sp³-hybridized carbons (Fsp3) is 0.481. The maximum atomic E-state index is 13.0. The summed E-state index contributed by atoms with van der Waals surface area (Å²) in [4.78, 5) is 21.9. The average molecular weight is 466 g/mol. The normalized spacial score (nSPS) is 15.1. The highest BCUT2D eigenvalue weighted by Gasteiger charge is 2.30. The second-order valence-electron chi connectivity index (χ2n) is 9.97. The molecule has 0 amide bonds. The standard InChI is InChI=1S/C27H35N3O4/c1-17-10-22-24(11-18(17)2)32-15-21(25(22)31)14-30(7)9-8-29(6)13-20-12-28-19(3)26-23(20)16-33-27(4,5)34-26/h10-12,15H,8-9,13-14,16H2,1-7H3. The number of hydrogen-bond acceptors (Lipinski definition) is 7. The van der Waals surface area contributed by atoms with E-state index in [4.69, 9.17) is 13.9 Å². The molecular weight excluding hydrogens is 430 g/mol. The molecule has 0 radical (unpaired) electrons. The lowest BCUT2D eigenvalue weighted by molar-refractivity contribution is -0.180. The summed E-state index contributed by atoms with van der Waals surface area (Å²) in [5, 5.41) is 0.648. The Morgan fingerprint density at radius 1 is 1.00 bits per heavy atom. The van der Waals surface area contributed by atoms with Crippen molar-refractivity contribution in [2.45, 2.75) is 60.1 Å². The Morgan fingerprint density at radius 3 is 2.35 bits per heavy atom. The minimum atomic E-state index is -0.639. The van der Waals surface area contributed by atoms with E-state index in [2.05, 4.69) is 21.8 Å². The number of aromatic nitrogens is 1. The molecule has 7 heteroatoms. The summed E-state index contributed by atoms with van der Waals surface area (Å²) in [5.74, 6) is 0.201. The third-order valence-corrected chi connectivity index (χ3v) is 6.52. The predicted octanol–water partition coefficient (Wildman–Crippen LogP) is 4.32. The van der Waals surface area contributed by atoms with Gasteiger partial charge in [-0.1, -0.05) is 0 Å². The first kappa shape index (κ1) is 24.4. The summed E-state index contributed by atoms with van der Waals surface area (Å²) in [5.41, 5.74) is 6.66. The summed E-state index contributed by atoms with van der Waals surface area (Å²) in [7, 11) is 4.11. The quantitative estimate of drug-likeness (QED) is 0.515. The Bertz CT molecular complexity index is 1260. The van der Waals surface area contributed by atoms with Gasteiger partial charge in [0.1, 0.15) is 11.3 Å². The van der Waals surface area contributed by atoms with E-state index >= 15 is 0 Å². The lowest BCUT2D eigenvalue weighted by Crippen LogP contribution is -2.37. The van der Waals surface area contributed by atoms with Crippen molar-refractivity contribution in [3.63, 3.8) is 0 Å². The van der Waals surface area contributed by atoms with Gasteiger partial charge < -0.3 is 23.7 Å². The van der Waals surface area contributed by atoms with Crippen LogP contribution in [-0.4, -0.2) is 47.8 Å². The lowest BCUT2D eigenvalue weighted by Gasteiger charge is -2.34. The summed E-state index contributed by atoms with van der Waals surface area (Å²) >= 11 is 0. The molecule has 182 valence electrons. The molecule has 0 unspecified atom stereocenters. The van der Waals surface area contributed by atoms with Crippen LogP contribution in [0.5, 0.6) is 5.75 Å². The predicted molar refractivity (Wildman–Crippen MR) is 133 cm³/mol. The van der Waals surface area contributed by atoms with Crippen molar-refractivity contribution in [2.24, 2.45) is 0 Å². The number of pyridine rings is 1. The van der Waals surface area contributed by atoms with Gasteiger partial charge in [-0.2, -0.15) is 0 Å². The van der Waals surface area contributed by atoms with E-state index in [9.17, 15) is 4.79 Å². The smallest absolute Gasteiger partial charge is 0.205 e. The molecular formula is C27H35N3O4. The van der Waals surface area contributed by atoms with E-state index in [0.717, 1.165) is 53.3 Å². The van der Waals surface area contributed by atoms with Gasteiger partial charge in [0.05, 0.1) is 24.0 Å². The van der Waals surface area contributed by atoms with Crippen molar-refractivity contribution in [2.75, 3.05) is 27.2 Å². The zero-order valence-corrected chi connectivity index (χ0v) is 21.3. The number of rotatable bonds is 7. The molecule has 3 heterocycles. The highest BCUT2D eigenvalue weighted by atomic mass is 16.7. The number of fused-ring (bicyclic) bond motifs is 2. The van der Waals surface area contributed by atoms with Crippen LogP contribution in [0.25, 0.3) is 11.0 Å². The topological polar surface area (TPSA) is 68.0 Å². The molecule has 1 aliphatic rings. The van der Waals surface area contributed by atoms with Crippen LogP contribution in [0, 0.1) is 20.8 Å². The average Bonchev–Trinajstić information content (AvgIpc) is 2.77. The number of hydrogen-bond donors (Lipinski definition) is 0. The van der Waals surface area contributed by atoms with Crippen LogP contribution >= 0.6 is 0 Å². The van der Waals surface area contributed by atoms with Gasteiger partial charge >= 0.3 is 0 Å². The first-order valence-electron chi connectivity index (χ1n) is 11.7. The van der Waals surface area contributed by atoms with E-state index in [0.29, 0.717) is 29.7 Å². The Kier molecular flexibility index (Phi) is 6.80. The van der Waals surface area contributed by atoms with Gasteiger partial charge in [0.2, 0.25) is 5.79 Å². The summed E-state index contributed by atoms with van der Waals surface area (Å²) in [6, 6.07) is 3.86. The zero-order chi connectivity index (χ0) is 24.6. The van der Waals surface area contributed by atoms with Crippen molar-refractivity contribution in [3.05, 3.63) is 68.3 Å². The summed E-state index contributed by atoms with van der Waals surface area (Å²) in [6.45, 7) is 13.3. The van der Waals surface area contributed by atoms with Gasteiger partial charge in [0.15, 0.2) is 5.43 Å². The Hall–Kier alpha value is -2.74. The van der Waals surface area contributed by atoms with Gasteiger partial charge in [-0.15, -0.1) is 0 Å². The maximum absolute atomic E-state index is 13.0. The van der Waals surface area contributed by atoms with E-state index in [1.165, 1.54) is 0 Å². The first-order valence-corrected chi connectivity index (χ1v) is 11.7. The minimum Gasteiger partial charge on any atom is -0.464 e. The van der Waals surface area contributed by atoms with Crippen LogP contribution in [0.15, 0.2) is 33.8 Å². The molecule has 0 spiro atoms. The molecule has 1 aliphatic heterocycles. The number of nitrogens with zero attached hydrogens (tertiary/aromatic N) is 3. The molecule has 0 N–H and O–H groups in total. The van der Waals surface area contributed by atoms with Gasteiger partial charge in [0.25, 0.3) is 0 Å². The molecule has 0 fully saturated rings. The Labute approximate surface area is 201 Å². The third kappa shape index (κ3) is 5.17. The van der Waals surface area contributed by atoms with Gasteiger partial charge in [-0.3, -0.25) is 9.78 Å². The fourth-order valence-electron chi connectivity index (χ4n) is 4.24. The van der Waals surface area contributed by atoms with Crippen LogP contribution in [0.4, 0.5) is 0 Å². The summed E-state index contributed by atoms with van der Waals surface area (Å²) < 4.78 is 17.7. The fourth-order valence-corrected chi connectivity index (χ4v) is 4.24. The molecule has 0 saturated heterocycles. The van der Waals surface area contributed by atoms with Crippen molar-refractivity contribution >= 4 is 11.0 Å². The van der Waals surface area contributed by atoms with Crippen LogP contribution in [0.2, 0.25) is 0 Å². The molecule has 7 nitrogen and oxygen atoms in total. The molecule has 34 heavy (non-hydrogen) atoms. The van der Waals surface area contributed by atoms with Gasteiger partial charge in [-0.25, -0.2) is 0 Å². The van der Waals surface area contributed by atoms with E-state index in [-0.39, 0.29) is 5.43 Å². The van der Waals surface area contributed by atoms with Crippen LogP contribution in [0.1, 0.15) is 47.4 Å². The van der Waals surface area contributed by atoms with Gasteiger partial charge in [-0.05, 0) is 63.7 Å². The monoisotopic (exact) mass is 465 g/mol. The second kappa shape index (κ2) is 9.49. The molecule has 0 atom stereocenters. The number of aryl methyl sites for hydroxylation is 3. The Morgan fingerprint density at radius 2 is 1.65 bits per heavy atom. The summed E-state index contributed by atoms with van der Waals surface area (Å²) in [6.07, 6.45) is 3.52. The lowest BCUT2D eigenvalue weighted by atomic mass is 10.1. The SMILES string of the molecule is Cc1cc2occ(CN(C)CCN(C)Cc3cnc(C)c4c3COC(C)(C)O4)c(=O)c2cc1C. The van der Waals surface area contributed by atoms with Crippen molar-refractivity contribution in [1.82, 2.24) is 14.8 Å². The molecule has 3 aromatic rings. The molecule has 2 aromatic heterocycles.